The fraction of sp³-hybridized carbons (Fsp3) is 0.600. The Morgan fingerprint density at radius 2 is 1.36 bits per heavy atom. The molecule has 0 aliphatic rings. The van der Waals surface area contributed by atoms with E-state index in [0.717, 1.165) is 6.29 Å². The van der Waals surface area contributed by atoms with Gasteiger partial charge < -0.3 is 9.59 Å². The van der Waals surface area contributed by atoms with Gasteiger partial charge in [0.1, 0.15) is 12.6 Å². The molecule has 0 saturated carbocycles. The van der Waals surface area contributed by atoms with E-state index < -0.39 is 11.6 Å². The van der Waals surface area contributed by atoms with Crippen LogP contribution in [0.5, 0.6) is 0 Å². The summed E-state index contributed by atoms with van der Waals surface area (Å²) in [7, 11) is 0. The lowest BCUT2D eigenvalue weighted by atomic mass is 10.1. The van der Waals surface area contributed by atoms with Gasteiger partial charge in [-0.3, -0.25) is 9.59 Å². The summed E-state index contributed by atoms with van der Waals surface area (Å²) < 4.78 is 0. The Kier molecular flexibility index (Phi) is 7.50. The van der Waals surface area contributed by atoms with E-state index in [-0.39, 0.29) is 19.3 Å². The third-order valence-corrected chi connectivity index (χ3v) is 1.78. The Bertz CT molecular complexity index is 220. The molecule has 0 fully saturated rings. The van der Waals surface area contributed by atoms with Gasteiger partial charge in [-0.2, -0.15) is 0 Å². The number of Topliss-reactive ketones (excluding diaryl/α,β-unsaturated/α-hetero) is 2. The highest BCUT2D eigenvalue weighted by Gasteiger charge is 2.11. The fourth-order valence-corrected chi connectivity index (χ4v) is 0.982. The Morgan fingerprint density at radius 3 is 1.93 bits per heavy atom. The van der Waals surface area contributed by atoms with E-state index in [4.69, 9.17) is 0 Å². The molecule has 0 spiro atoms. The van der Waals surface area contributed by atoms with E-state index in [2.05, 4.69) is 0 Å². The van der Waals surface area contributed by atoms with Crippen LogP contribution in [0.2, 0.25) is 0 Å². The molecule has 4 heteroatoms. The van der Waals surface area contributed by atoms with Crippen molar-refractivity contribution in [3.63, 3.8) is 0 Å². The molecule has 4 nitrogen and oxygen atoms in total. The van der Waals surface area contributed by atoms with Crippen LogP contribution in [0.3, 0.4) is 0 Å². The van der Waals surface area contributed by atoms with Crippen LogP contribution in [0.25, 0.3) is 0 Å². The molecular weight excluding hydrogens is 184 g/mol. The predicted molar refractivity (Wildman–Crippen MR) is 49.8 cm³/mol. The van der Waals surface area contributed by atoms with Crippen LogP contribution < -0.4 is 0 Å². The van der Waals surface area contributed by atoms with Crippen molar-refractivity contribution in [2.24, 2.45) is 0 Å². The van der Waals surface area contributed by atoms with Gasteiger partial charge in [0.25, 0.3) is 0 Å². The summed E-state index contributed by atoms with van der Waals surface area (Å²) in [5, 5.41) is 0. The first-order chi connectivity index (χ1) is 6.72. The van der Waals surface area contributed by atoms with Crippen LogP contribution in [0.15, 0.2) is 0 Å². The second-order valence-electron chi connectivity index (χ2n) is 2.96. The topological polar surface area (TPSA) is 68.3 Å². The van der Waals surface area contributed by atoms with Gasteiger partial charge in [-0.15, -0.1) is 0 Å². The van der Waals surface area contributed by atoms with E-state index in [1.807, 2.05) is 0 Å². The van der Waals surface area contributed by atoms with Gasteiger partial charge in [-0.1, -0.05) is 0 Å². The molecule has 0 saturated heterocycles. The number of hydrogen-bond donors (Lipinski definition) is 0. The molecule has 0 bridgehead atoms. The summed E-state index contributed by atoms with van der Waals surface area (Å²) in [5.41, 5.74) is 0. The smallest absolute Gasteiger partial charge is 0.198 e. The lowest BCUT2D eigenvalue weighted by Crippen LogP contribution is -2.13. The highest BCUT2D eigenvalue weighted by atomic mass is 16.2. The summed E-state index contributed by atoms with van der Waals surface area (Å²) in [6.07, 6.45) is 3.34. The van der Waals surface area contributed by atoms with E-state index in [0.29, 0.717) is 25.5 Å². The quantitative estimate of drug-likeness (QED) is 0.313. The van der Waals surface area contributed by atoms with Crippen molar-refractivity contribution in [2.45, 2.75) is 38.5 Å². The van der Waals surface area contributed by atoms with Crippen LogP contribution in [0.4, 0.5) is 0 Å². The van der Waals surface area contributed by atoms with E-state index >= 15 is 0 Å². The molecule has 0 aromatic carbocycles. The molecule has 0 aromatic heterocycles. The predicted octanol–water partition coefficient (Wildman–Crippen LogP) is 0.863. The lowest BCUT2D eigenvalue weighted by molar-refractivity contribution is -0.136. The Labute approximate surface area is 82.7 Å². The number of carbonyl (C=O) groups is 4. The zero-order valence-electron chi connectivity index (χ0n) is 8.03. The highest BCUT2D eigenvalue weighted by molar-refractivity contribution is 6.37. The Morgan fingerprint density at radius 1 is 0.786 bits per heavy atom. The minimum atomic E-state index is -0.483. The summed E-state index contributed by atoms with van der Waals surface area (Å²) in [5.74, 6) is -0.916. The van der Waals surface area contributed by atoms with Gasteiger partial charge in [0, 0.05) is 25.7 Å². The molecule has 0 rings (SSSR count). The second kappa shape index (κ2) is 8.29. The van der Waals surface area contributed by atoms with Gasteiger partial charge >= 0.3 is 0 Å². The minimum Gasteiger partial charge on any atom is -0.303 e. The van der Waals surface area contributed by atoms with Crippen molar-refractivity contribution in [3.05, 3.63) is 0 Å². The molecule has 0 radical (unpaired) electrons. The number of ketones is 2. The SMILES string of the molecule is O=CCCCCC(=O)C(=O)CCC=O. The van der Waals surface area contributed by atoms with E-state index in [1.165, 1.54) is 0 Å². The Hall–Kier alpha value is -1.32. The van der Waals surface area contributed by atoms with Gasteiger partial charge in [0.15, 0.2) is 11.6 Å². The zero-order chi connectivity index (χ0) is 10.8. The molecule has 0 heterocycles. The molecular formula is C10H14O4. The molecule has 0 aliphatic heterocycles. The van der Waals surface area contributed by atoms with Gasteiger partial charge in [-0.05, 0) is 12.8 Å². The summed E-state index contributed by atoms with van der Waals surface area (Å²) >= 11 is 0. The molecule has 0 amide bonds. The molecule has 78 valence electrons. The third kappa shape index (κ3) is 6.22. The molecule has 0 aliphatic carbocycles. The van der Waals surface area contributed by atoms with Crippen LogP contribution in [-0.4, -0.2) is 24.1 Å². The first-order valence-electron chi connectivity index (χ1n) is 4.65. The summed E-state index contributed by atoms with van der Waals surface area (Å²) in [4.78, 5) is 41.9. The number of rotatable bonds is 9. The number of unbranched alkanes of at least 4 members (excludes halogenated alkanes) is 2. The number of aldehydes is 2. The van der Waals surface area contributed by atoms with Crippen molar-refractivity contribution in [2.75, 3.05) is 0 Å². The molecule has 0 unspecified atom stereocenters. The second-order valence-corrected chi connectivity index (χ2v) is 2.96. The average molecular weight is 198 g/mol. The van der Waals surface area contributed by atoms with Gasteiger partial charge in [0.2, 0.25) is 0 Å². The van der Waals surface area contributed by atoms with Crippen molar-refractivity contribution in [3.8, 4) is 0 Å². The third-order valence-electron chi connectivity index (χ3n) is 1.78. The first kappa shape index (κ1) is 12.7. The van der Waals surface area contributed by atoms with Crippen LogP contribution in [-0.2, 0) is 19.2 Å². The van der Waals surface area contributed by atoms with Crippen molar-refractivity contribution in [1.29, 1.82) is 0 Å². The van der Waals surface area contributed by atoms with Crippen LogP contribution >= 0.6 is 0 Å². The summed E-state index contributed by atoms with van der Waals surface area (Å²) in [6.45, 7) is 0. The largest absolute Gasteiger partial charge is 0.303 e. The molecule has 0 N–H and O–H groups in total. The molecule has 14 heavy (non-hydrogen) atoms. The highest BCUT2D eigenvalue weighted by Crippen LogP contribution is 2.01. The monoisotopic (exact) mass is 198 g/mol. The van der Waals surface area contributed by atoms with E-state index in [9.17, 15) is 19.2 Å². The molecule has 0 aromatic rings. The van der Waals surface area contributed by atoms with E-state index in [1.54, 1.807) is 0 Å². The molecule has 0 atom stereocenters. The van der Waals surface area contributed by atoms with Crippen molar-refractivity contribution < 1.29 is 19.2 Å². The number of hydrogen-bond acceptors (Lipinski definition) is 4. The number of carbonyl (C=O) groups excluding carboxylic acids is 4. The van der Waals surface area contributed by atoms with Crippen LogP contribution in [0, 0.1) is 0 Å². The van der Waals surface area contributed by atoms with Crippen molar-refractivity contribution >= 4 is 24.1 Å². The van der Waals surface area contributed by atoms with Gasteiger partial charge in [0.05, 0.1) is 0 Å². The maximum Gasteiger partial charge on any atom is 0.198 e. The summed E-state index contributed by atoms with van der Waals surface area (Å²) in [6, 6.07) is 0. The van der Waals surface area contributed by atoms with Crippen molar-refractivity contribution in [1.82, 2.24) is 0 Å². The first-order valence-corrected chi connectivity index (χ1v) is 4.65. The maximum atomic E-state index is 11.1. The van der Waals surface area contributed by atoms with Crippen LogP contribution in [0.1, 0.15) is 38.5 Å². The fourth-order valence-electron chi connectivity index (χ4n) is 0.982. The maximum absolute atomic E-state index is 11.1. The minimum absolute atomic E-state index is 0.00993. The lowest BCUT2D eigenvalue weighted by Gasteiger charge is -1.96. The standard InChI is InChI=1S/C10H14O4/c11-7-3-1-2-5-9(13)10(14)6-4-8-12/h7-8H,1-6H2. The van der Waals surface area contributed by atoms with Gasteiger partial charge in [-0.25, -0.2) is 0 Å². The zero-order valence-corrected chi connectivity index (χ0v) is 8.03. The Balaban J connectivity index is 3.56. The average Bonchev–Trinajstić information content (AvgIpc) is 2.20. The normalized spacial score (nSPS) is 9.43.